The van der Waals surface area contributed by atoms with Crippen molar-refractivity contribution < 1.29 is 9.90 Å². The summed E-state index contributed by atoms with van der Waals surface area (Å²) in [5, 5.41) is 13.2. The molecule has 3 nitrogen and oxygen atoms in total. The lowest BCUT2D eigenvalue weighted by Gasteiger charge is -2.49. The molecule has 4 heteroatoms. The molecule has 0 saturated heterocycles. The summed E-state index contributed by atoms with van der Waals surface area (Å²) in [6.07, 6.45) is 3.49. The van der Waals surface area contributed by atoms with E-state index in [1.165, 1.54) is 6.08 Å². The van der Waals surface area contributed by atoms with E-state index in [0.29, 0.717) is 11.4 Å². The van der Waals surface area contributed by atoms with Crippen molar-refractivity contribution in [2.24, 2.45) is 5.41 Å². The molecule has 1 saturated carbocycles. The topological polar surface area (TPSA) is 49.3 Å². The van der Waals surface area contributed by atoms with Gasteiger partial charge < -0.3 is 10.4 Å². The van der Waals surface area contributed by atoms with Gasteiger partial charge in [0.1, 0.15) is 0 Å². The van der Waals surface area contributed by atoms with Crippen molar-refractivity contribution >= 4 is 23.6 Å². The summed E-state index contributed by atoms with van der Waals surface area (Å²) < 4.78 is 0. The zero-order valence-corrected chi connectivity index (χ0v) is 11.8. The number of rotatable bonds is 3. The van der Waals surface area contributed by atoms with Gasteiger partial charge in [-0.3, -0.25) is 4.79 Å². The summed E-state index contributed by atoms with van der Waals surface area (Å²) in [5.74, 6) is -0.148. The smallest absolute Gasteiger partial charge is 0.244 e. The fourth-order valence-electron chi connectivity index (χ4n) is 2.15. The van der Waals surface area contributed by atoms with Crippen LogP contribution in [0.1, 0.15) is 25.8 Å². The molecule has 1 aliphatic carbocycles. The number of hydrogen-bond donors (Lipinski definition) is 2. The normalized spacial score (nSPS) is 25.1. The number of amides is 1. The maximum atomic E-state index is 11.8. The molecule has 1 amide bonds. The minimum absolute atomic E-state index is 0.0269. The van der Waals surface area contributed by atoms with Crippen LogP contribution in [0.15, 0.2) is 30.3 Å². The maximum Gasteiger partial charge on any atom is 0.244 e. The average molecular weight is 280 g/mol. The third-order valence-electron chi connectivity index (χ3n) is 3.81. The van der Waals surface area contributed by atoms with E-state index in [1.807, 2.05) is 26.0 Å². The zero-order chi connectivity index (χ0) is 14.0. The molecule has 1 aliphatic rings. The third kappa shape index (κ3) is 3.17. The van der Waals surface area contributed by atoms with E-state index >= 15 is 0 Å². The SMILES string of the molecule is CC1(C)C(O)CC1NC(=O)/C=C/c1cccc(Cl)c1. The molecule has 2 N–H and O–H groups in total. The van der Waals surface area contributed by atoms with E-state index in [9.17, 15) is 9.90 Å². The number of benzene rings is 1. The van der Waals surface area contributed by atoms with Crippen molar-refractivity contribution in [3.63, 3.8) is 0 Å². The van der Waals surface area contributed by atoms with Gasteiger partial charge in [0.15, 0.2) is 0 Å². The van der Waals surface area contributed by atoms with E-state index < -0.39 is 0 Å². The van der Waals surface area contributed by atoms with E-state index in [-0.39, 0.29) is 23.5 Å². The Morgan fingerprint density at radius 2 is 2.26 bits per heavy atom. The molecule has 2 unspecified atom stereocenters. The van der Waals surface area contributed by atoms with Crippen LogP contribution in [0.25, 0.3) is 6.08 Å². The molecule has 102 valence electrons. The fourth-order valence-corrected chi connectivity index (χ4v) is 2.35. The van der Waals surface area contributed by atoms with Gasteiger partial charge >= 0.3 is 0 Å². The highest BCUT2D eigenvalue weighted by Gasteiger charge is 2.47. The van der Waals surface area contributed by atoms with E-state index in [0.717, 1.165) is 5.56 Å². The first kappa shape index (κ1) is 14.1. The molecule has 0 heterocycles. The summed E-state index contributed by atoms with van der Waals surface area (Å²) in [5.41, 5.74) is 0.634. The number of aliphatic hydroxyl groups is 1. The first-order valence-corrected chi connectivity index (χ1v) is 6.69. The molecule has 2 atom stereocenters. The summed E-state index contributed by atoms with van der Waals surface area (Å²) in [7, 11) is 0. The molecule has 0 aromatic heterocycles. The van der Waals surface area contributed by atoms with Crippen LogP contribution in [0, 0.1) is 5.41 Å². The van der Waals surface area contributed by atoms with Crippen LogP contribution < -0.4 is 5.32 Å². The lowest BCUT2D eigenvalue weighted by Crippen LogP contribution is -2.60. The first-order valence-electron chi connectivity index (χ1n) is 6.32. The summed E-state index contributed by atoms with van der Waals surface area (Å²) in [6, 6.07) is 7.33. The molecular formula is C15H18ClNO2. The Morgan fingerprint density at radius 3 is 2.84 bits per heavy atom. The number of carbonyl (C=O) groups is 1. The van der Waals surface area contributed by atoms with Crippen molar-refractivity contribution in [2.45, 2.75) is 32.4 Å². The minimum atomic E-state index is -0.338. The third-order valence-corrected chi connectivity index (χ3v) is 4.04. The van der Waals surface area contributed by atoms with Crippen LogP contribution in [-0.4, -0.2) is 23.2 Å². The van der Waals surface area contributed by atoms with Crippen molar-refractivity contribution in [1.82, 2.24) is 5.32 Å². The predicted molar refractivity (Wildman–Crippen MR) is 76.8 cm³/mol. The number of hydrogen-bond acceptors (Lipinski definition) is 2. The summed E-state index contributed by atoms with van der Waals surface area (Å²) >= 11 is 5.87. The number of aliphatic hydroxyl groups excluding tert-OH is 1. The van der Waals surface area contributed by atoms with Crippen LogP contribution in [0.2, 0.25) is 5.02 Å². The lowest BCUT2D eigenvalue weighted by atomic mass is 9.64. The lowest BCUT2D eigenvalue weighted by molar-refractivity contribution is -0.124. The molecular weight excluding hydrogens is 262 g/mol. The molecule has 0 aliphatic heterocycles. The maximum absolute atomic E-state index is 11.8. The summed E-state index contributed by atoms with van der Waals surface area (Å²) in [6.45, 7) is 3.90. The average Bonchev–Trinajstić information content (AvgIpc) is 2.36. The monoisotopic (exact) mass is 279 g/mol. The van der Waals surface area contributed by atoms with Crippen LogP contribution in [0.3, 0.4) is 0 Å². The Kier molecular flexibility index (Phi) is 3.97. The molecule has 1 aromatic rings. The second kappa shape index (κ2) is 5.35. The second-order valence-electron chi connectivity index (χ2n) is 5.52. The molecule has 1 fully saturated rings. The van der Waals surface area contributed by atoms with Gasteiger partial charge in [-0.1, -0.05) is 37.6 Å². The van der Waals surface area contributed by atoms with E-state index in [2.05, 4.69) is 5.32 Å². The van der Waals surface area contributed by atoms with Crippen LogP contribution >= 0.6 is 11.6 Å². The molecule has 2 rings (SSSR count). The van der Waals surface area contributed by atoms with Crippen LogP contribution in [0.5, 0.6) is 0 Å². The highest BCUT2D eigenvalue weighted by Crippen LogP contribution is 2.40. The Hall–Kier alpha value is -1.32. The van der Waals surface area contributed by atoms with Crippen LogP contribution in [0.4, 0.5) is 0 Å². The highest BCUT2D eigenvalue weighted by atomic mass is 35.5. The zero-order valence-electron chi connectivity index (χ0n) is 11.1. The van der Waals surface area contributed by atoms with Crippen LogP contribution in [-0.2, 0) is 4.79 Å². The minimum Gasteiger partial charge on any atom is -0.392 e. The van der Waals surface area contributed by atoms with Crippen molar-refractivity contribution in [3.8, 4) is 0 Å². The van der Waals surface area contributed by atoms with Gasteiger partial charge in [0.2, 0.25) is 5.91 Å². The molecule has 0 bridgehead atoms. The Labute approximate surface area is 118 Å². The number of halogens is 1. The second-order valence-corrected chi connectivity index (χ2v) is 5.96. The van der Waals surface area contributed by atoms with Crippen molar-refractivity contribution in [1.29, 1.82) is 0 Å². The Bertz CT molecular complexity index is 511. The molecule has 0 radical (unpaired) electrons. The molecule has 1 aromatic carbocycles. The first-order chi connectivity index (χ1) is 8.89. The number of nitrogens with one attached hydrogen (secondary N) is 1. The van der Waals surface area contributed by atoms with Gasteiger partial charge in [0, 0.05) is 22.6 Å². The largest absolute Gasteiger partial charge is 0.392 e. The van der Waals surface area contributed by atoms with Crippen molar-refractivity contribution in [2.75, 3.05) is 0 Å². The molecule has 19 heavy (non-hydrogen) atoms. The fraction of sp³-hybridized carbons (Fsp3) is 0.400. The Morgan fingerprint density at radius 1 is 1.53 bits per heavy atom. The Balaban J connectivity index is 1.92. The highest BCUT2D eigenvalue weighted by molar-refractivity contribution is 6.30. The quantitative estimate of drug-likeness (QED) is 0.836. The predicted octanol–water partition coefficient (Wildman–Crippen LogP) is 2.63. The van der Waals surface area contributed by atoms with Gasteiger partial charge in [-0.25, -0.2) is 0 Å². The molecule has 0 spiro atoms. The standard InChI is InChI=1S/C15H18ClNO2/c1-15(2)12(9-13(15)18)17-14(19)7-6-10-4-3-5-11(16)8-10/h3-8,12-13,18H,9H2,1-2H3,(H,17,19)/b7-6+. The van der Waals surface area contributed by atoms with Gasteiger partial charge in [0.25, 0.3) is 0 Å². The van der Waals surface area contributed by atoms with Gasteiger partial charge in [-0.05, 0) is 30.2 Å². The van der Waals surface area contributed by atoms with Gasteiger partial charge in [-0.15, -0.1) is 0 Å². The van der Waals surface area contributed by atoms with E-state index in [4.69, 9.17) is 11.6 Å². The van der Waals surface area contributed by atoms with Gasteiger partial charge in [0.05, 0.1) is 6.10 Å². The van der Waals surface area contributed by atoms with Crippen molar-refractivity contribution in [3.05, 3.63) is 40.9 Å². The van der Waals surface area contributed by atoms with Gasteiger partial charge in [-0.2, -0.15) is 0 Å². The number of carbonyl (C=O) groups excluding carboxylic acids is 1. The van der Waals surface area contributed by atoms with E-state index in [1.54, 1.807) is 18.2 Å². The summed E-state index contributed by atoms with van der Waals surface area (Å²) in [4.78, 5) is 11.8.